The van der Waals surface area contributed by atoms with Crippen LogP contribution in [-0.4, -0.2) is 42.6 Å². The Labute approximate surface area is 184 Å². The lowest BCUT2D eigenvalue weighted by Gasteiger charge is -2.12. The van der Waals surface area contributed by atoms with Crippen molar-refractivity contribution in [1.29, 1.82) is 0 Å². The van der Waals surface area contributed by atoms with Gasteiger partial charge in [0, 0.05) is 38.5 Å². The maximum atomic E-state index is 5.58. The van der Waals surface area contributed by atoms with E-state index >= 15 is 0 Å². The number of hydrogen-bond acceptors (Lipinski definition) is 4. The van der Waals surface area contributed by atoms with Crippen molar-refractivity contribution in [3.8, 4) is 5.75 Å². The Balaban J connectivity index is 0.00000392. The van der Waals surface area contributed by atoms with Crippen LogP contribution in [0, 0.1) is 13.8 Å². The third kappa shape index (κ3) is 7.31. The molecule has 0 fully saturated rings. The number of guanidine groups is 1. The Morgan fingerprint density at radius 1 is 1.14 bits per heavy atom. The van der Waals surface area contributed by atoms with Crippen LogP contribution >= 0.6 is 24.0 Å². The molecule has 0 saturated carbocycles. The van der Waals surface area contributed by atoms with Crippen molar-refractivity contribution < 1.29 is 9.47 Å². The van der Waals surface area contributed by atoms with Gasteiger partial charge < -0.3 is 20.1 Å². The summed E-state index contributed by atoms with van der Waals surface area (Å²) in [5, 5.41) is 11.1. The lowest BCUT2D eigenvalue weighted by Crippen LogP contribution is -2.37. The van der Waals surface area contributed by atoms with Crippen LogP contribution in [0.1, 0.15) is 29.4 Å². The van der Waals surface area contributed by atoms with Crippen molar-refractivity contribution in [3.63, 3.8) is 0 Å². The summed E-state index contributed by atoms with van der Waals surface area (Å²) in [4.78, 5) is 4.68. The number of nitrogens with one attached hydrogen (secondary N) is 2. The molecule has 156 valence electrons. The van der Waals surface area contributed by atoms with E-state index in [1.165, 1.54) is 11.3 Å². The second-order valence-corrected chi connectivity index (χ2v) is 6.31. The van der Waals surface area contributed by atoms with Crippen LogP contribution in [0.4, 0.5) is 0 Å². The third-order valence-electron chi connectivity index (χ3n) is 4.33. The molecular formula is C20H32IN5O2. The first kappa shape index (κ1) is 24.2. The normalized spacial score (nSPS) is 11.1. The average molecular weight is 501 g/mol. The molecule has 0 aliphatic carbocycles. The minimum absolute atomic E-state index is 0. The summed E-state index contributed by atoms with van der Waals surface area (Å²) in [6.07, 6.45) is 0. The van der Waals surface area contributed by atoms with Crippen molar-refractivity contribution in [2.24, 2.45) is 12.0 Å². The van der Waals surface area contributed by atoms with Crippen LogP contribution in [0.25, 0.3) is 0 Å². The fraction of sp³-hybridized carbons (Fsp3) is 0.500. The van der Waals surface area contributed by atoms with Crippen molar-refractivity contribution in [2.45, 2.75) is 33.9 Å². The summed E-state index contributed by atoms with van der Waals surface area (Å²) in [5.41, 5.74) is 4.54. The van der Waals surface area contributed by atoms with Gasteiger partial charge in [-0.25, -0.2) is 4.99 Å². The number of halogens is 1. The van der Waals surface area contributed by atoms with Crippen LogP contribution in [0.3, 0.4) is 0 Å². The van der Waals surface area contributed by atoms with E-state index in [1.807, 2.05) is 42.9 Å². The molecule has 28 heavy (non-hydrogen) atoms. The smallest absolute Gasteiger partial charge is 0.191 e. The standard InChI is InChI=1S/C20H31N5O2.HI/c1-6-21-20(23-14-19-15(2)24-25(4)16(19)3)22-13-17-7-9-18(10-8-17)27-12-11-26-5;/h7-10H,6,11-14H2,1-5H3,(H2,21,22,23);1H. The van der Waals surface area contributed by atoms with Gasteiger partial charge >= 0.3 is 0 Å². The van der Waals surface area contributed by atoms with Gasteiger partial charge in [0.25, 0.3) is 0 Å². The number of aromatic nitrogens is 2. The molecule has 0 spiro atoms. The van der Waals surface area contributed by atoms with Crippen molar-refractivity contribution >= 4 is 29.9 Å². The first-order valence-electron chi connectivity index (χ1n) is 9.27. The Bertz CT molecular complexity index is 744. The van der Waals surface area contributed by atoms with Crippen LogP contribution in [-0.2, 0) is 24.9 Å². The van der Waals surface area contributed by atoms with E-state index in [0.29, 0.717) is 26.3 Å². The molecule has 0 saturated heterocycles. The summed E-state index contributed by atoms with van der Waals surface area (Å²) in [7, 11) is 3.63. The third-order valence-corrected chi connectivity index (χ3v) is 4.33. The SMILES string of the molecule is CCNC(=NCc1ccc(OCCOC)cc1)NCc1c(C)nn(C)c1C.I. The highest BCUT2D eigenvalue weighted by Gasteiger charge is 2.09. The molecule has 1 aromatic carbocycles. The van der Waals surface area contributed by atoms with Crippen molar-refractivity contribution in [2.75, 3.05) is 26.9 Å². The highest BCUT2D eigenvalue weighted by Crippen LogP contribution is 2.13. The Hall–Kier alpha value is -1.81. The summed E-state index contributed by atoms with van der Waals surface area (Å²) in [6.45, 7) is 9.41. The number of nitrogens with zero attached hydrogens (tertiary/aromatic N) is 3. The molecule has 2 N–H and O–H groups in total. The minimum Gasteiger partial charge on any atom is -0.491 e. The quantitative estimate of drug-likeness (QED) is 0.239. The molecule has 0 bridgehead atoms. The fourth-order valence-corrected chi connectivity index (χ4v) is 2.69. The average Bonchev–Trinajstić information content (AvgIpc) is 2.90. The molecule has 0 radical (unpaired) electrons. The second kappa shape index (κ2) is 12.6. The highest BCUT2D eigenvalue weighted by molar-refractivity contribution is 14.0. The van der Waals surface area contributed by atoms with Gasteiger partial charge in [-0.15, -0.1) is 24.0 Å². The Morgan fingerprint density at radius 2 is 1.86 bits per heavy atom. The summed E-state index contributed by atoms with van der Waals surface area (Å²) >= 11 is 0. The van der Waals surface area contributed by atoms with Gasteiger partial charge in [0.15, 0.2) is 5.96 Å². The van der Waals surface area contributed by atoms with E-state index < -0.39 is 0 Å². The number of ether oxygens (including phenoxy) is 2. The monoisotopic (exact) mass is 501 g/mol. The van der Waals surface area contributed by atoms with Crippen LogP contribution in [0.5, 0.6) is 5.75 Å². The number of rotatable bonds is 9. The minimum atomic E-state index is 0. The molecular weight excluding hydrogens is 469 g/mol. The van der Waals surface area contributed by atoms with E-state index in [4.69, 9.17) is 9.47 Å². The molecule has 0 amide bonds. The predicted molar refractivity (Wildman–Crippen MR) is 124 cm³/mol. The number of benzene rings is 1. The first-order chi connectivity index (χ1) is 13.0. The van der Waals surface area contributed by atoms with Crippen LogP contribution in [0.15, 0.2) is 29.3 Å². The second-order valence-electron chi connectivity index (χ2n) is 6.31. The lowest BCUT2D eigenvalue weighted by molar-refractivity contribution is 0.146. The molecule has 0 atom stereocenters. The van der Waals surface area contributed by atoms with Crippen LogP contribution in [0.2, 0.25) is 0 Å². The number of aliphatic imine (C=N–C) groups is 1. The number of methoxy groups -OCH3 is 1. The molecule has 8 heteroatoms. The van der Waals surface area contributed by atoms with Gasteiger partial charge in [-0.3, -0.25) is 4.68 Å². The van der Waals surface area contributed by atoms with Gasteiger partial charge in [-0.2, -0.15) is 5.10 Å². The first-order valence-corrected chi connectivity index (χ1v) is 9.27. The molecule has 2 aromatic rings. The van der Waals surface area contributed by atoms with E-state index in [2.05, 4.69) is 34.6 Å². The predicted octanol–water partition coefficient (Wildman–Crippen LogP) is 2.94. The zero-order valence-corrected chi connectivity index (χ0v) is 19.7. The van der Waals surface area contributed by atoms with Crippen LogP contribution < -0.4 is 15.4 Å². The topological polar surface area (TPSA) is 72.7 Å². The largest absolute Gasteiger partial charge is 0.491 e. The maximum absolute atomic E-state index is 5.58. The summed E-state index contributed by atoms with van der Waals surface area (Å²) in [5.74, 6) is 1.63. The van der Waals surface area contributed by atoms with Gasteiger partial charge in [-0.1, -0.05) is 12.1 Å². The highest BCUT2D eigenvalue weighted by atomic mass is 127. The molecule has 1 aromatic heterocycles. The Morgan fingerprint density at radius 3 is 2.43 bits per heavy atom. The zero-order chi connectivity index (χ0) is 19.6. The van der Waals surface area contributed by atoms with Gasteiger partial charge in [0.1, 0.15) is 12.4 Å². The molecule has 0 unspecified atom stereocenters. The summed E-state index contributed by atoms with van der Waals surface area (Å²) in [6, 6.07) is 7.99. The van der Waals surface area contributed by atoms with Crippen molar-refractivity contribution in [1.82, 2.24) is 20.4 Å². The van der Waals surface area contributed by atoms with Gasteiger partial charge in [0.2, 0.25) is 0 Å². The molecule has 0 aliphatic rings. The maximum Gasteiger partial charge on any atom is 0.191 e. The lowest BCUT2D eigenvalue weighted by atomic mass is 10.2. The zero-order valence-electron chi connectivity index (χ0n) is 17.4. The van der Waals surface area contributed by atoms with Gasteiger partial charge in [-0.05, 0) is 38.5 Å². The van der Waals surface area contributed by atoms with E-state index in [0.717, 1.165) is 29.5 Å². The molecule has 1 heterocycles. The van der Waals surface area contributed by atoms with E-state index in [9.17, 15) is 0 Å². The number of aryl methyl sites for hydroxylation is 2. The molecule has 7 nitrogen and oxygen atoms in total. The number of hydrogen-bond donors (Lipinski definition) is 2. The van der Waals surface area contributed by atoms with Crippen molar-refractivity contribution in [3.05, 3.63) is 46.8 Å². The Kier molecular flexibility index (Phi) is 10.9. The van der Waals surface area contributed by atoms with Gasteiger partial charge in [0.05, 0.1) is 18.8 Å². The molecule has 0 aliphatic heterocycles. The van der Waals surface area contributed by atoms with E-state index in [-0.39, 0.29) is 24.0 Å². The van der Waals surface area contributed by atoms with E-state index in [1.54, 1.807) is 7.11 Å². The summed E-state index contributed by atoms with van der Waals surface area (Å²) < 4.78 is 12.5. The fourth-order valence-electron chi connectivity index (χ4n) is 2.69. The molecule has 2 rings (SSSR count).